The van der Waals surface area contributed by atoms with Crippen molar-refractivity contribution in [1.82, 2.24) is 0 Å². The van der Waals surface area contributed by atoms with Crippen molar-refractivity contribution in [3.05, 3.63) is 11.7 Å². The Bertz CT molecular complexity index is 57.8. The van der Waals surface area contributed by atoms with Crippen molar-refractivity contribution in [1.29, 1.82) is 0 Å². The molecular weight excluding hydrogens is 90.9 g/mol. The molecule has 0 bridgehead atoms. The van der Waals surface area contributed by atoms with Crippen molar-refractivity contribution in [2.75, 3.05) is 0 Å². The van der Waals surface area contributed by atoms with Crippen LogP contribution in [0, 0.1) is 0 Å². The maximum atomic E-state index is 5.11. The highest BCUT2D eigenvalue weighted by molar-refractivity contribution is 6.21. The lowest BCUT2D eigenvalue weighted by atomic mass is 10.0. The SMILES string of the molecule is [B]/C(C)=C/O[Si]. The Balaban J connectivity index is 3.14. The Morgan fingerprint density at radius 1 is 2.00 bits per heavy atom. The van der Waals surface area contributed by atoms with Crippen molar-refractivity contribution in [3.8, 4) is 0 Å². The zero-order valence-corrected chi connectivity index (χ0v) is 4.56. The van der Waals surface area contributed by atoms with Crippen LogP contribution in [0.25, 0.3) is 0 Å². The Kier molecular flexibility index (Phi) is 2.94. The van der Waals surface area contributed by atoms with Gasteiger partial charge < -0.3 is 4.43 Å². The molecule has 0 aliphatic heterocycles. The number of rotatable bonds is 1. The molecule has 0 saturated heterocycles. The monoisotopic (exact) mass is 95.0 g/mol. The Hall–Kier alpha value is -0.178. The Labute approximate surface area is 42.3 Å². The van der Waals surface area contributed by atoms with Crippen LogP contribution >= 0.6 is 0 Å². The van der Waals surface area contributed by atoms with Gasteiger partial charge in [-0.1, -0.05) is 12.4 Å². The molecule has 1 nitrogen and oxygen atoms in total. The molecule has 0 N–H and O–H groups in total. The minimum absolute atomic E-state index is 0.644. The third kappa shape index (κ3) is 3.82. The van der Waals surface area contributed by atoms with E-state index in [1.807, 2.05) is 0 Å². The molecule has 0 aromatic heterocycles. The van der Waals surface area contributed by atoms with Crippen LogP contribution in [0.1, 0.15) is 6.92 Å². The third-order valence-corrected chi connectivity index (χ3v) is 0.363. The summed E-state index contributed by atoms with van der Waals surface area (Å²) in [5, 5.41) is 0. The highest BCUT2D eigenvalue weighted by Crippen LogP contribution is 1.78. The van der Waals surface area contributed by atoms with Gasteiger partial charge in [0, 0.05) is 0 Å². The van der Waals surface area contributed by atoms with E-state index in [4.69, 9.17) is 7.85 Å². The number of allylic oxidation sites excluding steroid dienone is 1. The van der Waals surface area contributed by atoms with Gasteiger partial charge in [-0.15, -0.1) is 0 Å². The number of hydrogen-bond donors (Lipinski definition) is 0. The molecule has 0 fully saturated rings. The molecule has 0 aromatic carbocycles. The summed E-state index contributed by atoms with van der Waals surface area (Å²) >= 11 is 0. The maximum Gasteiger partial charge on any atom is 0.340 e. The fourth-order valence-corrected chi connectivity index (χ4v) is 0.279. The van der Waals surface area contributed by atoms with Crippen molar-refractivity contribution < 1.29 is 4.43 Å². The second-order valence-electron chi connectivity index (χ2n) is 0.980. The predicted molar refractivity (Wildman–Crippen MR) is 26.3 cm³/mol. The molecule has 0 rings (SSSR count). The van der Waals surface area contributed by atoms with Crippen molar-refractivity contribution >= 4 is 18.3 Å². The lowest BCUT2D eigenvalue weighted by molar-refractivity contribution is 0.532. The second kappa shape index (κ2) is 3.03. The highest BCUT2D eigenvalue weighted by atomic mass is 28.2. The summed E-state index contributed by atoms with van der Waals surface area (Å²) in [4.78, 5) is 0. The molecule has 0 saturated carbocycles. The summed E-state index contributed by atoms with van der Waals surface area (Å²) in [6.07, 6.45) is 1.40. The summed E-state index contributed by atoms with van der Waals surface area (Å²) in [6, 6.07) is 0. The van der Waals surface area contributed by atoms with E-state index in [0.717, 1.165) is 0 Å². The first-order valence-corrected chi connectivity index (χ1v) is 1.93. The van der Waals surface area contributed by atoms with Gasteiger partial charge in [0.25, 0.3) is 0 Å². The molecule has 6 heavy (non-hydrogen) atoms. The van der Waals surface area contributed by atoms with Gasteiger partial charge in [-0.25, -0.2) is 0 Å². The smallest absolute Gasteiger partial charge is 0.340 e. The zero-order valence-electron chi connectivity index (χ0n) is 3.56. The van der Waals surface area contributed by atoms with Crippen LogP contribution < -0.4 is 0 Å². The molecule has 29 valence electrons. The number of hydrogen-bond acceptors (Lipinski definition) is 1. The van der Waals surface area contributed by atoms with Crippen LogP contribution in [-0.2, 0) is 4.43 Å². The Morgan fingerprint density at radius 2 is 2.50 bits per heavy atom. The van der Waals surface area contributed by atoms with Crippen molar-refractivity contribution in [2.45, 2.75) is 6.92 Å². The molecule has 0 spiro atoms. The van der Waals surface area contributed by atoms with Gasteiger partial charge >= 0.3 is 10.5 Å². The van der Waals surface area contributed by atoms with Crippen molar-refractivity contribution in [3.63, 3.8) is 0 Å². The van der Waals surface area contributed by atoms with Crippen LogP contribution in [0.4, 0.5) is 0 Å². The standard InChI is InChI=1S/C3H4BOSi/c1-3(4)2-5-6/h2H,1H3/b3-2+. The molecule has 5 radical (unpaired) electrons. The van der Waals surface area contributed by atoms with Gasteiger partial charge in [-0.2, -0.15) is 0 Å². The summed E-state index contributed by atoms with van der Waals surface area (Å²) < 4.78 is 4.32. The lowest BCUT2D eigenvalue weighted by Crippen LogP contribution is -1.73. The molecule has 0 amide bonds. The van der Waals surface area contributed by atoms with Crippen LogP contribution in [-0.4, -0.2) is 18.3 Å². The van der Waals surface area contributed by atoms with E-state index in [-0.39, 0.29) is 0 Å². The van der Waals surface area contributed by atoms with Gasteiger partial charge in [0.15, 0.2) is 0 Å². The lowest BCUT2D eigenvalue weighted by Gasteiger charge is -1.85. The molecule has 0 aliphatic carbocycles. The minimum atomic E-state index is 0.644. The van der Waals surface area contributed by atoms with Gasteiger partial charge in [-0.3, -0.25) is 0 Å². The third-order valence-electron chi connectivity index (χ3n) is 0.245. The van der Waals surface area contributed by atoms with E-state index >= 15 is 0 Å². The van der Waals surface area contributed by atoms with E-state index in [9.17, 15) is 0 Å². The first-order valence-electron chi connectivity index (χ1n) is 1.52. The average molecular weight is 95.0 g/mol. The van der Waals surface area contributed by atoms with E-state index in [1.54, 1.807) is 6.92 Å². The fourth-order valence-electron chi connectivity index (χ4n) is 0.0929. The molecule has 0 aliphatic rings. The van der Waals surface area contributed by atoms with E-state index in [2.05, 4.69) is 14.9 Å². The van der Waals surface area contributed by atoms with E-state index in [1.165, 1.54) is 6.26 Å². The van der Waals surface area contributed by atoms with E-state index in [0.29, 0.717) is 5.47 Å². The highest BCUT2D eigenvalue weighted by Gasteiger charge is 1.67. The summed E-state index contributed by atoms with van der Waals surface area (Å²) in [5.41, 5.74) is 0.644. The summed E-state index contributed by atoms with van der Waals surface area (Å²) in [5.74, 6) is 0. The van der Waals surface area contributed by atoms with Crippen LogP contribution in [0.5, 0.6) is 0 Å². The summed E-state index contributed by atoms with van der Waals surface area (Å²) in [7, 11) is 7.84. The molecule has 3 heteroatoms. The second-order valence-corrected chi connectivity index (χ2v) is 1.22. The van der Waals surface area contributed by atoms with Crippen LogP contribution in [0.3, 0.4) is 0 Å². The Morgan fingerprint density at radius 3 is 2.50 bits per heavy atom. The van der Waals surface area contributed by atoms with Crippen LogP contribution in [0.2, 0.25) is 0 Å². The van der Waals surface area contributed by atoms with Crippen LogP contribution in [0.15, 0.2) is 11.7 Å². The largest absolute Gasteiger partial charge is 0.547 e. The molecular formula is C3H4BOSi. The minimum Gasteiger partial charge on any atom is -0.547 e. The maximum absolute atomic E-state index is 5.11. The normalized spacial score (nSPS) is 11.3. The molecule has 0 aromatic rings. The van der Waals surface area contributed by atoms with Gasteiger partial charge in [0.1, 0.15) is 7.85 Å². The molecule has 0 heterocycles. The zero-order chi connectivity index (χ0) is 4.99. The first kappa shape index (κ1) is 5.82. The fraction of sp³-hybridized carbons (Fsp3) is 0.333. The molecule has 0 atom stereocenters. The van der Waals surface area contributed by atoms with Gasteiger partial charge in [0.2, 0.25) is 0 Å². The van der Waals surface area contributed by atoms with E-state index < -0.39 is 0 Å². The van der Waals surface area contributed by atoms with Gasteiger partial charge in [-0.05, 0) is 0 Å². The molecule has 0 unspecified atom stereocenters. The van der Waals surface area contributed by atoms with Crippen molar-refractivity contribution in [2.24, 2.45) is 0 Å². The topological polar surface area (TPSA) is 9.23 Å². The average Bonchev–Trinajstić information content (AvgIpc) is 1.35. The first-order chi connectivity index (χ1) is 2.77. The quantitative estimate of drug-likeness (QED) is 0.332. The van der Waals surface area contributed by atoms with Gasteiger partial charge in [0.05, 0.1) is 6.26 Å². The summed E-state index contributed by atoms with van der Waals surface area (Å²) in [6.45, 7) is 1.74. The predicted octanol–water partition coefficient (Wildman–Crippen LogP) is 0.116.